The highest BCUT2D eigenvalue weighted by atomic mass is 16.2. The van der Waals surface area contributed by atoms with Crippen LogP contribution in [0.3, 0.4) is 0 Å². The molecular weight excluding hydrogens is 200 g/mol. The maximum Gasteiger partial charge on any atom is 0.223 e. The molecule has 1 unspecified atom stereocenters. The summed E-state index contributed by atoms with van der Waals surface area (Å²) in [4.78, 5) is 16.4. The van der Waals surface area contributed by atoms with Crippen LogP contribution in [0.4, 0.5) is 0 Å². The van der Waals surface area contributed by atoms with E-state index in [-0.39, 0.29) is 0 Å². The van der Waals surface area contributed by atoms with Gasteiger partial charge in [0.1, 0.15) is 0 Å². The van der Waals surface area contributed by atoms with Gasteiger partial charge in [0.2, 0.25) is 5.91 Å². The van der Waals surface area contributed by atoms with E-state index in [0.717, 1.165) is 32.0 Å². The molecule has 1 atom stereocenters. The minimum Gasteiger partial charge on any atom is -0.343 e. The third kappa shape index (κ3) is 3.21. The van der Waals surface area contributed by atoms with Gasteiger partial charge in [-0.2, -0.15) is 0 Å². The van der Waals surface area contributed by atoms with Gasteiger partial charge in [0.25, 0.3) is 0 Å². The molecule has 2 aliphatic heterocycles. The highest BCUT2D eigenvalue weighted by Crippen LogP contribution is 2.16. The van der Waals surface area contributed by atoms with Crippen molar-refractivity contribution in [3.8, 4) is 0 Å². The first-order valence-corrected chi connectivity index (χ1v) is 6.76. The first-order valence-electron chi connectivity index (χ1n) is 6.76. The highest BCUT2D eigenvalue weighted by molar-refractivity contribution is 5.76. The molecule has 0 spiro atoms. The summed E-state index contributed by atoms with van der Waals surface area (Å²) >= 11 is 0. The Morgan fingerprint density at radius 2 is 1.94 bits per heavy atom. The zero-order chi connectivity index (χ0) is 11.4. The van der Waals surface area contributed by atoms with Crippen molar-refractivity contribution in [3.05, 3.63) is 0 Å². The van der Waals surface area contributed by atoms with Crippen LogP contribution in [0.2, 0.25) is 0 Å². The fourth-order valence-electron chi connectivity index (χ4n) is 2.87. The van der Waals surface area contributed by atoms with E-state index >= 15 is 0 Å². The van der Waals surface area contributed by atoms with E-state index in [1.165, 1.54) is 38.8 Å². The van der Waals surface area contributed by atoms with Gasteiger partial charge >= 0.3 is 0 Å². The number of hydrogen-bond acceptors (Lipinski definition) is 2. The smallest absolute Gasteiger partial charge is 0.223 e. The third-order valence-corrected chi connectivity index (χ3v) is 3.84. The zero-order valence-electron chi connectivity index (χ0n) is 10.5. The van der Waals surface area contributed by atoms with Crippen molar-refractivity contribution in [1.82, 2.24) is 9.80 Å². The van der Waals surface area contributed by atoms with E-state index in [0.29, 0.717) is 5.91 Å². The molecule has 0 radical (unpaired) electrons. The molecule has 2 rings (SSSR count). The topological polar surface area (TPSA) is 23.6 Å². The molecule has 3 nitrogen and oxygen atoms in total. The largest absolute Gasteiger partial charge is 0.343 e. The van der Waals surface area contributed by atoms with E-state index in [1.807, 2.05) is 4.90 Å². The Morgan fingerprint density at radius 1 is 1.19 bits per heavy atom. The maximum atomic E-state index is 11.9. The summed E-state index contributed by atoms with van der Waals surface area (Å²) in [6, 6.07) is 0. The number of hydrogen-bond donors (Lipinski definition) is 0. The second-order valence-electron chi connectivity index (χ2n) is 5.39. The van der Waals surface area contributed by atoms with E-state index < -0.39 is 0 Å². The Kier molecular flexibility index (Phi) is 4.22. The fraction of sp³-hybridized carbons (Fsp3) is 0.923. The van der Waals surface area contributed by atoms with Crippen molar-refractivity contribution in [3.63, 3.8) is 0 Å². The zero-order valence-corrected chi connectivity index (χ0v) is 10.5. The van der Waals surface area contributed by atoms with Gasteiger partial charge < -0.3 is 9.80 Å². The summed E-state index contributed by atoms with van der Waals surface area (Å²) in [7, 11) is 0. The number of amides is 1. The van der Waals surface area contributed by atoms with E-state index in [1.54, 1.807) is 0 Å². The van der Waals surface area contributed by atoms with Crippen LogP contribution in [-0.2, 0) is 4.79 Å². The number of piperidine rings is 1. The average Bonchev–Trinajstić information content (AvgIpc) is 2.79. The molecular formula is C13H24N2O. The molecule has 2 aliphatic rings. The molecule has 3 heteroatoms. The van der Waals surface area contributed by atoms with E-state index in [4.69, 9.17) is 0 Å². The Hall–Kier alpha value is -0.570. The van der Waals surface area contributed by atoms with Crippen molar-refractivity contribution < 1.29 is 4.79 Å². The summed E-state index contributed by atoms with van der Waals surface area (Å²) < 4.78 is 0. The molecule has 0 aromatic carbocycles. The number of rotatable bonds is 3. The molecule has 16 heavy (non-hydrogen) atoms. The van der Waals surface area contributed by atoms with E-state index in [9.17, 15) is 4.79 Å². The maximum absolute atomic E-state index is 11.9. The number of nitrogens with zero attached hydrogens (tertiary/aromatic N) is 2. The van der Waals surface area contributed by atoms with Gasteiger partial charge in [0, 0.05) is 32.6 Å². The molecule has 0 bridgehead atoms. The second kappa shape index (κ2) is 5.67. The lowest BCUT2D eigenvalue weighted by atomic mass is 10.0. The Morgan fingerprint density at radius 3 is 2.62 bits per heavy atom. The van der Waals surface area contributed by atoms with Crippen molar-refractivity contribution in [2.45, 2.75) is 39.0 Å². The summed E-state index contributed by atoms with van der Waals surface area (Å²) in [5.41, 5.74) is 0. The number of likely N-dealkylation sites (tertiary alicyclic amines) is 2. The summed E-state index contributed by atoms with van der Waals surface area (Å²) in [5, 5.41) is 0. The SMILES string of the molecule is CC1CCCN(CCC(=O)N2CCCC2)C1. The van der Waals surface area contributed by atoms with Crippen LogP contribution in [-0.4, -0.2) is 48.4 Å². The molecule has 92 valence electrons. The molecule has 2 heterocycles. The quantitative estimate of drug-likeness (QED) is 0.729. The van der Waals surface area contributed by atoms with Crippen molar-refractivity contribution in [2.24, 2.45) is 5.92 Å². The summed E-state index contributed by atoms with van der Waals surface area (Å²) in [6.07, 6.45) is 5.79. The molecule has 0 N–H and O–H groups in total. The molecule has 0 aromatic heterocycles. The second-order valence-corrected chi connectivity index (χ2v) is 5.39. The molecule has 0 aliphatic carbocycles. The molecule has 1 amide bonds. The van der Waals surface area contributed by atoms with Crippen LogP contribution in [0.15, 0.2) is 0 Å². The minimum atomic E-state index is 0.371. The lowest BCUT2D eigenvalue weighted by molar-refractivity contribution is -0.130. The van der Waals surface area contributed by atoms with Gasteiger partial charge in [-0.25, -0.2) is 0 Å². The van der Waals surface area contributed by atoms with Gasteiger partial charge in [-0.3, -0.25) is 4.79 Å². The number of carbonyl (C=O) groups is 1. The van der Waals surface area contributed by atoms with Gasteiger partial charge in [-0.15, -0.1) is 0 Å². The van der Waals surface area contributed by atoms with Gasteiger partial charge in [0.05, 0.1) is 0 Å². The van der Waals surface area contributed by atoms with Crippen molar-refractivity contribution in [1.29, 1.82) is 0 Å². The molecule has 0 aromatic rings. The predicted molar refractivity (Wildman–Crippen MR) is 65.3 cm³/mol. The standard InChI is InChI=1S/C13H24N2O/c1-12-5-4-7-14(11-12)10-6-13(16)15-8-2-3-9-15/h12H,2-11H2,1H3. The Balaban J connectivity index is 1.67. The van der Waals surface area contributed by atoms with Gasteiger partial charge in [-0.05, 0) is 38.1 Å². The molecule has 0 saturated carbocycles. The highest BCUT2D eigenvalue weighted by Gasteiger charge is 2.20. The third-order valence-electron chi connectivity index (χ3n) is 3.84. The van der Waals surface area contributed by atoms with Gasteiger partial charge in [0.15, 0.2) is 0 Å². The molecule has 2 saturated heterocycles. The fourth-order valence-corrected chi connectivity index (χ4v) is 2.87. The van der Waals surface area contributed by atoms with Crippen LogP contribution in [0.1, 0.15) is 39.0 Å². The van der Waals surface area contributed by atoms with Crippen LogP contribution < -0.4 is 0 Å². The monoisotopic (exact) mass is 224 g/mol. The van der Waals surface area contributed by atoms with Gasteiger partial charge in [-0.1, -0.05) is 6.92 Å². The van der Waals surface area contributed by atoms with Crippen LogP contribution in [0.5, 0.6) is 0 Å². The minimum absolute atomic E-state index is 0.371. The van der Waals surface area contributed by atoms with E-state index in [2.05, 4.69) is 11.8 Å². The lowest BCUT2D eigenvalue weighted by Gasteiger charge is -2.31. The first-order chi connectivity index (χ1) is 7.75. The Bertz CT molecular complexity index is 236. The first kappa shape index (κ1) is 11.9. The lowest BCUT2D eigenvalue weighted by Crippen LogP contribution is -2.37. The normalized spacial score (nSPS) is 27.3. The summed E-state index contributed by atoms with van der Waals surface area (Å²) in [6.45, 7) is 7.66. The molecule has 2 fully saturated rings. The van der Waals surface area contributed by atoms with Crippen LogP contribution in [0.25, 0.3) is 0 Å². The Labute approximate surface area is 98.8 Å². The number of carbonyl (C=O) groups excluding carboxylic acids is 1. The van der Waals surface area contributed by atoms with Crippen LogP contribution >= 0.6 is 0 Å². The summed E-state index contributed by atoms with van der Waals surface area (Å²) in [5.74, 6) is 1.19. The average molecular weight is 224 g/mol. The predicted octanol–water partition coefficient (Wildman–Crippen LogP) is 1.73. The van der Waals surface area contributed by atoms with Crippen molar-refractivity contribution >= 4 is 5.91 Å². The van der Waals surface area contributed by atoms with Crippen LogP contribution in [0, 0.1) is 5.92 Å². The van der Waals surface area contributed by atoms with Crippen molar-refractivity contribution in [2.75, 3.05) is 32.7 Å².